The molecule has 0 N–H and O–H groups in total. The van der Waals surface area contributed by atoms with E-state index in [2.05, 4.69) is 36.4 Å². The van der Waals surface area contributed by atoms with Crippen LogP contribution < -0.4 is 0 Å². The predicted octanol–water partition coefficient (Wildman–Crippen LogP) is 4.48. The monoisotopic (exact) mass is 376 g/mol. The lowest BCUT2D eigenvalue weighted by Crippen LogP contribution is -2.08. The maximum Gasteiger partial charge on any atom is 0.0781 e. The highest BCUT2D eigenvalue weighted by Gasteiger charge is 2.02. The fraction of sp³-hybridized carbons (Fsp3) is 0.350. The number of methoxy groups -OCH3 is 1. The van der Waals surface area contributed by atoms with Gasteiger partial charge in [-0.2, -0.15) is 0 Å². The van der Waals surface area contributed by atoms with Gasteiger partial charge in [-0.15, -0.1) is 11.8 Å². The van der Waals surface area contributed by atoms with Crippen molar-refractivity contribution in [2.24, 2.45) is 0 Å². The molecular formula is C20H24O3S2. The van der Waals surface area contributed by atoms with Crippen LogP contribution in [0, 0.1) is 0 Å². The fourth-order valence-corrected chi connectivity index (χ4v) is 3.20. The first-order chi connectivity index (χ1) is 12.3. The molecule has 0 radical (unpaired) electrons. The van der Waals surface area contributed by atoms with Crippen molar-refractivity contribution in [3.8, 4) is 0 Å². The molecule has 0 heterocycles. The molecule has 0 aromatic heterocycles. The minimum absolute atomic E-state index is 0.590. The molecule has 2 aromatic carbocycles. The van der Waals surface area contributed by atoms with Crippen LogP contribution in [0.4, 0.5) is 0 Å². The number of rotatable bonds is 11. The molecule has 0 atom stereocenters. The molecule has 0 aliphatic carbocycles. The van der Waals surface area contributed by atoms with E-state index in [0.29, 0.717) is 33.0 Å². The van der Waals surface area contributed by atoms with Crippen LogP contribution in [0.1, 0.15) is 16.7 Å². The van der Waals surface area contributed by atoms with Crippen LogP contribution in [0.2, 0.25) is 0 Å². The maximum atomic E-state index is 5.60. The zero-order valence-electron chi connectivity index (χ0n) is 14.5. The molecule has 5 heteroatoms. The predicted molar refractivity (Wildman–Crippen MR) is 108 cm³/mol. The summed E-state index contributed by atoms with van der Waals surface area (Å²) in [7, 11) is 1.66. The molecule has 25 heavy (non-hydrogen) atoms. The lowest BCUT2D eigenvalue weighted by atomic mass is 10.2. The summed E-state index contributed by atoms with van der Waals surface area (Å²) in [4.78, 5) is 0. The molecule has 0 fully saturated rings. The van der Waals surface area contributed by atoms with Crippen molar-refractivity contribution in [2.75, 3.05) is 33.5 Å². The first-order valence-electron chi connectivity index (χ1n) is 8.24. The number of ether oxygens (including phenoxy) is 3. The van der Waals surface area contributed by atoms with E-state index in [1.165, 1.54) is 5.56 Å². The SMILES string of the molecule is COCCOCCOCc1ccc(CSC(=S)c2ccccc2)cc1. The van der Waals surface area contributed by atoms with Crippen LogP contribution in [0.25, 0.3) is 0 Å². The Morgan fingerprint density at radius 3 is 2.20 bits per heavy atom. The van der Waals surface area contributed by atoms with Crippen molar-refractivity contribution < 1.29 is 14.2 Å². The summed E-state index contributed by atoms with van der Waals surface area (Å²) >= 11 is 7.17. The van der Waals surface area contributed by atoms with Crippen molar-refractivity contribution in [2.45, 2.75) is 12.4 Å². The molecule has 0 bridgehead atoms. The van der Waals surface area contributed by atoms with Gasteiger partial charge in [0.15, 0.2) is 0 Å². The lowest BCUT2D eigenvalue weighted by Gasteiger charge is -2.07. The molecule has 134 valence electrons. The normalized spacial score (nSPS) is 10.8. The largest absolute Gasteiger partial charge is 0.382 e. The van der Waals surface area contributed by atoms with Crippen LogP contribution in [0.15, 0.2) is 54.6 Å². The van der Waals surface area contributed by atoms with Gasteiger partial charge in [0.05, 0.1) is 37.2 Å². The van der Waals surface area contributed by atoms with E-state index in [1.54, 1.807) is 18.9 Å². The molecule has 0 unspecified atom stereocenters. The van der Waals surface area contributed by atoms with Crippen molar-refractivity contribution in [3.05, 3.63) is 71.3 Å². The fourth-order valence-electron chi connectivity index (χ4n) is 2.09. The zero-order chi connectivity index (χ0) is 17.7. The van der Waals surface area contributed by atoms with E-state index in [-0.39, 0.29) is 0 Å². The number of thiocarbonyl (C=S) groups is 1. The molecule has 0 aliphatic heterocycles. The Morgan fingerprint density at radius 2 is 1.48 bits per heavy atom. The van der Waals surface area contributed by atoms with Gasteiger partial charge < -0.3 is 14.2 Å². The van der Waals surface area contributed by atoms with Gasteiger partial charge >= 0.3 is 0 Å². The molecule has 2 aromatic rings. The second-order valence-electron chi connectivity index (χ2n) is 5.42. The highest BCUT2D eigenvalue weighted by Crippen LogP contribution is 2.19. The van der Waals surface area contributed by atoms with Crippen molar-refractivity contribution in [3.63, 3.8) is 0 Å². The molecule has 2 rings (SSSR count). The Bertz CT molecular complexity index is 615. The van der Waals surface area contributed by atoms with Crippen LogP contribution in [0.3, 0.4) is 0 Å². The van der Waals surface area contributed by atoms with E-state index in [4.69, 9.17) is 26.4 Å². The summed E-state index contributed by atoms with van der Waals surface area (Å²) in [6, 6.07) is 18.6. The average Bonchev–Trinajstić information content (AvgIpc) is 2.67. The Morgan fingerprint density at radius 1 is 0.840 bits per heavy atom. The molecule has 3 nitrogen and oxygen atoms in total. The van der Waals surface area contributed by atoms with Gasteiger partial charge in [0, 0.05) is 12.9 Å². The number of hydrogen-bond donors (Lipinski definition) is 0. The van der Waals surface area contributed by atoms with Crippen LogP contribution in [0.5, 0.6) is 0 Å². The summed E-state index contributed by atoms with van der Waals surface area (Å²) in [5.74, 6) is 0.877. The van der Waals surface area contributed by atoms with Gasteiger partial charge in [-0.25, -0.2) is 0 Å². The summed E-state index contributed by atoms with van der Waals surface area (Å²) < 4.78 is 16.8. The third-order valence-electron chi connectivity index (χ3n) is 3.47. The van der Waals surface area contributed by atoms with E-state index in [0.717, 1.165) is 21.1 Å². The van der Waals surface area contributed by atoms with Gasteiger partial charge in [0.2, 0.25) is 0 Å². The van der Waals surface area contributed by atoms with Crippen molar-refractivity contribution in [1.82, 2.24) is 0 Å². The highest BCUT2D eigenvalue weighted by atomic mass is 32.2. The first kappa shape index (κ1) is 20.1. The minimum Gasteiger partial charge on any atom is -0.382 e. The molecule has 0 spiro atoms. The number of thioether (sulfide) groups is 1. The highest BCUT2D eigenvalue weighted by molar-refractivity contribution is 8.23. The van der Waals surface area contributed by atoms with Crippen LogP contribution in [-0.2, 0) is 26.6 Å². The standard InChI is InChI=1S/C20H24O3S2/c1-21-11-12-22-13-14-23-15-17-7-9-18(10-8-17)16-25-20(24)19-5-3-2-4-6-19/h2-10H,11-16H2,1H3. The van der Waals surface area contributed by atoms with E-state index in [1.807, 2.05) is 18.2 Å². The van der Waals surface area contributed by atoms with Crippen molar-refractivity contribution >= 4 is 28.2 Å². The Labute approximate surface area is 159 Å². The summed E-state index contributed by atoms with van der Waals surface area (Å²) in [6.45, 7) is 3.01. The topological polar surface area (TPSA) is 27.7 Å². The van der Waals surface area contributed by atoms with E-state index < -0.39 is 0 Å². The van der Waals surface area contributed by atoms with Gasteiger partial charge in [-0.05, 0) is 16.7 Å². The summed E-state index contributed by atoms with van der Waals surface area (Å²) in [5, 5.41) is 0. The number of benzene rings is 2. The van der Waals surface area contributed by atoms with Gasteiger partial charge in [0.1, 0.15) is 0 Å². The van der Waals surface area contributed by atoms with Gasteiger partial charge in [0.25, 0.3) is 0 Å². The summed E-state index contributed by atoms with van der Waals surface area (Å²) in [5.41, 5.74) is 3.53. The Hall–Kier alpha value is -1.24. The van der Waals surface area contributed by atoms with Gasteiger partial charge in [-0.3, -0.25) is 0 Å². The third kappa shape index (κ3) is 8.12. The van der Waals surface area contributed by atoms with E-state index >= 15 is 0 Å². The van der Waals surface area contributed by atoms with Crippen molar-refractivity contribution in [1.29, 1.82) is 0 Å². The summed E-state index contributed by atoms with van der Waals surface area (Å²) in [6.07, 6.45) is 0. The molecule has 0 amide bonds. The second-order valence-corrected chi connectivity index (χ2v) is 7.07. The Kier molecular flexibility index (Phi) is 9.77. The lowest BCUT2D eigenvalue weighted by molar-refractivity contribution is 0.0199. The first-order valence-corrected chi connectivity index (χ1v) is 9.63. The average molecular weight is 377 g/mol. The molecule has 0 saturated carbocycles. The third-order valence-corrected chi connectivity index (χ3v) is 5.04. The van der Waals surface area contributed by atoms with Gasteiger partial charge in [-0.1, -0.05) is 66.8 Å². The molecule has 0 aliphatic rings. The van der Waals surface area contributed by atoms with Crippen LogP contribution in [-0.4, -0.2) is 37.7 Å². The molecular weight excluding hydrogens is 352 g/mol. The van der Waals surface area contributed by atoms with E-state index in [9.17, 15) is 0 Å². The minimum atomic E-state index is 0.590. The quantitative estimate of drug-likeness (QED) is 0.426. The van der Waals surface area contributed by atoms with Crippen LogP contribution >= 0.6 is 24.0 Å². The number of hydrogen-bond acceptors (Lipinski definition) is 5. The Balaban J connectivity index is 1.65. The maximum absolute atomic E-state index is 5.60. The zero-order valence-corrected chi connectivity index (χ0v) is 16.1. The second kappa shape index (κ2) is 12.2. The molecule has 0 saturated heterocycles. The smallest absolute Gasteiger partial charge is 0.0781 e.